The molecule has 0 aromatic carbocycles. The van der Waals surface area contributed by atoms with Crippen LogP contribution in [-0.4, -0.2) is 34.9 Å². The average Bonchev–Trinajstić information content (AvgIpc) is 3.23. The molecule has 340 valence electrons. The first-order valence-electron chi connectivity index (χ1n) is 25.8. The normalized spacial score (nSPS) is 13.2. The van der Waals surface area contributed by atoms with Crippen molar-refractivity contribution in [2.24, 2.45) is 0 Å². The Morgan fingerprint density at radius 1 is 0.431 bits per heavy atom. The molecule has 2 atom stereocenters. The topological polar surface area (TPSA) is 69.6 Å². The van der Waals surface area contributed by atoms with Crippen LogP contribution in [0.3, 0.4) is 0 Å². The largest absolute Gasteiger partial charge is 0.394 e. The molecular weight excluding hydrogens is 711 g/mol. The van der Waals surface area contributed by atoms with E-state index < -0.39 is 12.1 Å². The lowest BCUT2D eigenvalue weighted by Gasteiger charge is -2.22. The average molecular weight is 812 g/mol. The number of carbonyl (C=O) groups is 1. The van der Waals surface area contributed by atoms with Gasteiger partial charge in [0.1, 0.15) is 0 Å². The third-order valence-electron chi connectivity index (χ3n) is 11.9. The van der Waals surface area contributed by atoms with Crippen LogP contribution in [0.15, 0.2) is 48.6 Å². The molecule has 0 bridgehead atoms. The molecule has 0 fully saturated rings. The van der Waals surface area contributed by atoms with E-state index in [0.29, 0.717) is 12.8 Å². The molecule has 0 rings (SSSR count). The van der Waals surface area contributed by atoms with Gasteiger partial charge in [0.15, 0.2) is 0 Å². The number of aliphatic hydroxyl groups excluding tert-OH is 2. The minimum atomic E-state index is -0.660. The van der Waals surface area contributed by atoms with Crippen molar-refractivity contribution in [1.29, 1.82) is 0 Å². The van der Waals surface area contributed by atoms with Crippen molar-refractivity contribution in [2.75, 3.05) is 6.61 Å². The summed E-state index contributed by atoms with van der Waals surface area (Å²) in [6.07, 6.45) is 67.9. The van der Waals surface area contributed by atoms with E-state index in [9.17, 15) is 15.0 Å². The Labute approximate surface area is 363 Å². The zero-order valence-electron chi connectivity index (χ0n) is 39.1. The summed E-state index contributed by atoms with van der Waals surface area (Å²) in [5.74, 6) is -0.0304. The number of rotatable bonds is 47. The maximum atomic E-state index is 12.5. The fraction of sp³-hybridized carbons (Fsp3) is 0.833. The van der Waals surface area contributed by atoms with Crippen LogP contribution in [0.25, 0.3) is 0 Å². The second-order valence-electron chi connectivity index (χ2n) is 17.6. The van der Waals surface area contributed by atoms with Crippen molar-refractivity contribution < 1.29 is 15.0 Å². The Morgan fingerprint density at radius 3 is 1.14 bits per heavy atom. The van der Waals surface area contributed by atoms with Crippen LogP contribution in [-0.2, 0) is 4.79 Å². The van der Waals surface area contributed by atoms with E-state index in [1.54, 1.807) is 0 Å². The quantitative estimate of drug-likeness (QED) is 0.0423. The number of allylic oxidation sites excluding steroid dienone is 8. The molecule has 0 saturated heterocycles. The predicted molar refractivity (Wildman–Crippen MR) is 258 cm³/mol. The molecule has 0 radical (unpaired) electrons. The van der Waals surface area contributed by atoms with Crippen molar-refractivity contribution in [1.82, 2.24) is 5.32 Å². The number of nitrogens with one attached hydrogen (secondary N) is 1. The van der Waals surface area contributed by atoms with E-state index in [0.717, 1.165) is 51.4 Å². The first kappa shape index (κ1) is 56.4. The molecule has 0 aromatic heterocycles. The lowest BCUT2D eigenvalue weighted by Crippen LogP contribution is -2.45. The maximum absolute atomic E-state index is 12.5. The molecule has 2 unspecified atom stereocenters. The first-order chi connectivity index (χ1) is 28.7. The fourth-order valence-electron chi connectivity index (χ4n) is 7.94. The molecule has 3 N–H and O–H groups in total. The summed E-state index contributed by atoms with van der Waals surface area (Å²) in [5.41, 5.74) is 0. The monoisotopic (exact) mass is 812 g/mol. The maximum Gasteiger partial charge on any atom is 0.220 e. The van der Waals surface area contributed by atoms with Crippen molar-refractivity contribution in [3.8, 4) is 0 Å². The van der Waals surface area contributed by atoms with E-state index in [1.165, 1.54) is 193 Å². The van der Waals surface area contributed by atoms with Crippen LogP contribution in [0.5, 0.6) is 0 Å². The lowest BCUT2D eigenvalue weighted by molar-refractivity contribution is -0.123. The van der Waals surface area contributed by atoms with E-state index in [2.05, 4.69) is 67.8 Å². The number of carbonyl (C=O) groups excluding carboxylic acids is 1. The molecule has 4 heteroatoms. The van der Waals surface area contributed by atoms with Crippen molar-refractivity contribution in [3.05, 3.63) is 48.6 Å². The Kier molecular flexibility index (Phi) is 48.3. The van der Waals surface area contributed by atoms with E-state index in [-0.39, 0.29) is 12.5 Å². The lowest BCUT2D eigenvalue weighted by atomic mass is 10.0. The van der Waals surface area contributed by atoms with Gasteiger partial charge in [-0.3, -0.25) is 4.79 Å². The van der Waals surface area contributed by atoms with Crippen molar-refractivity contribution in [3.63, 3.8) is 0 Å². The highest BCUT2D eigenvalue weighted by molar-refractivity contribution is 5.76. The summed E-state index contributed by atoms with van der Waals surface area (Å²) in [6.45, 7) is 4.27. The highest BCUT2D eigenvalue weighted by atomic mass is 16.3. The third kappa shape index (κ3) is 45.4. The summed E-state index contributed by atoms with van der Waals surface area (Å²) in [5, 5.41) is 23.3. The molecule has 0 aromatic rings. The zero-order chi connectivity index (χ0) is 42.1. The Hall–Kier alpha value is -1.65. The predicted octanol–water partition coefficient (Wildman–Crippen LogP) is 16.7. The van der Waals surface area contributed by atoms with Crippen molar-refractivity contribution >= 4 is 5.91 Å². The summed E-state index contributed by atoms with van der Waals surface area (Å²) in [4.78, 5) is 12.5. The van der Waals surface area contributed by atoms with Crippen LogP contribution in [0.2, 0.25) is 0 Å². The molecule has 0 heterocycles. The molecule has 1 amide bonds. The van der Waals surface area contributed by atoms with Gasteiger partial charge in [0.05, 0.1) is 18.8 Å². The number of amides is 1. The second kappa shape index (κ2) is 49.7. The molecule has 0 spiro atoms. The molecule has 0 aliphatic rings. The van der Waals surface area contributed by atoms with Gasteiger partial charge in [-0.25, -0.2) is 0 Å². The number of hydrogen-bond acceptors (Lipinski definition) is 3. The third-order valence-corrected chi connectivity index (χ3v) is 11.9. The zero-order valence-corrected chi connectivity index (χ0v) is 39.1. The van der Waals surface area contributed by atoms with Gasteiger partial charge < -0.3 is 15.5 Å². The van der Waals surface area contributed by atoms with E-state index in [1.807, 2.05) is 0 Å². The van der Waals surface area contributed by atoms with Gasteiger partial charge in [0, 0.05) is 6.42 Å². The number of hydrogen-bond donors (Lipinski definition) is 3. The fourth-order valence-corrected chi connectivity index (χ4v) is 7.94. The summed E-state index contributed by atoms with van der Waals surface area (Å²) < 4.78 is 0. The molecule has 58 heavy (non-hydrogen) atoms. The molecular formula is C54H101NO3. The molecule has 4 nitrogen and oxygen atoms in total. The molecule has 0 aliphatic carbocycles. The SMILES string of the molecule is CC/C=C\C/C=C\C/C=C\C/C=C\CCCCCCCCCCCCCCCCC(=O)NC(CO)C(O)CCCCCCCCCCCCCCCCCCCCC. The van der Waals surface area contributed by atoms with Gasteiger partial charge >= 0.3 is 0 Å². The van der Waals surface area contributed by atoms with E-state index in [4.69, 9.17) is 0 Å². The van der Waals surface area contributed by atoms with Gasteiger partial charge in [-0.2, -0.15) is 0 Å². The van der Waals surface area contributed by atoms with Gasteiger partial charge in [0.25, 0.3) is 0 Å². The van der Waals surface area contributed by atoms with Gasteiger partial charge in [-0.05, 0) is 51.4 Å². The minimum absolute atomic E-state index is 0.0304. The number of unbranched alkanes of at least 4 members (excludes halogenated alkanes) is 32. The highest BCUT2D eigenvalue weighted by Crippen LogP contribution is 2.17. The van der Waals surface area contributed by atoms with E-state index >= 15 is 0 Å². The molecule has 0 saturated carbocycles. The van der Waals surface area contributed by atoms with Gasteiger partial charge in [-0.15, -0.1) is 0 Å². The Bertz CT molecular complexity index is 923. The Morgan fingerprint density at radius 2 is 0.759 bits per heavy atom. The minimum Gasteiger partial charge on any atom is -0.394 e. The summed E-state index contributed by atoms with van der Waals surface area (Å²) in [7, 11) is 0. The van der Waals surface area contributed by atoms with Gasteiger partial charge in [0.2, 0.25) is 5.91 Å². The smallest absolute Gasteiger partial charge is 0.220 e. The van der Waals surface area contributed by atoms with Gasteiger partial charge in [-0.1, -0.05) is 262 Å². The van der Waals surface area contributed by atoms with Crippen LogP contribution in [0.1, 0.15) is 271 Å². The van der Waals surface area contributed by atoms with Crippen LogP contribution in [0.4, 0.5) is 0 Å². The highest BCUT2D eigenvalue weighted by Gasteiger charge is 2.20. The second-order valence-corrected chi connectivity index (χ2v) is 17.6. The van der Waals surface area contributed by atoms with Crippen molar-refractivity contribution in [2.45, 2.75) is 283 Å². The molecule has 0 aliphatic heterocycles. The van der Waals surface area contributed by atoms with Crippen LogP contribution >= 0.6 is 0 Å². The standard InChI is InChI=1S/C54H101NO3/c1-3-5-7-9-11-13-15-17-19-21-23-24-25-26-27-28-29-30-32-34-36-38-40-42-44-46-48-50-54(58)55-52(51-56)53(57)49-47-45-43-41-39-37-35-33-31-22-20-18-16-14-12-10-8-6-4-2/h5,7,11,13,17,19,23-24,52-53,56-57H,3-4,6,8-10,12,14-16,18,20-22,25-51H2,1-2H3,(H,55,58)/b7-5-,13-11-,19-17-,24-23-. The Balaban J connectivity index is 3.47. The van der Waals surface area contributed by atoms with Crippen LogP contribution < -0.4 is 5.32 Å². The number of aliphatic hydroxyl groups is 2. The first-order valence-corrected chi connectivity index (χ1v) is 25.8. The summed E-state index contributed by atoms with van der Waals surface area (Å²) in [6, 6.07) is -0.537. The summed E-state index contributed by atoms with van der Waals surface area (Å²) >= 11 is 0. The van der Waals surface area contributed by atoms with Crippen LogP contribution in [0, 0.1) is 0 Å².